The minimum Gasteiger partial charge on any atom is -0.479 e. The van der Waals surface area contributed by atoms with Gasteiger partial charge in [0.1, 0.15) is 6.33 Å². The minimum absolute atomic E-state index is 0.0897. The van der Waals surface area contributed by atoms with Crippen LogP contribution in [0.4, 0.5) is 10.2 Å². The minimum atomic E-state index is -1.05. The van der Waals surface area contributed by atoms with E-state index in [2.05, 4.69) is 9.97 Å². The number of carboxylic acid groups (broad SMARTS) is 1. The number of aryl methyl sites for hydroxylation is 1. The molecule has 0 aromatic carbocycles. The number of ether oxygens (including phenoxy) is 1. The predicted molar refractivity (Wildman–Crippen MR) is 61.0 cm³/mol. The molecule has 1 N–H and O–H groups in total. The zero-order chi connectivity index (χ0) is 13.1. The fraction of sp³-hybridized carbons (Fsp3) is 0.545. The first kappa shape index (κ1) is 12.7. The number of hydrogen-bond acceptors (Lipinski definition) is 5. The van der Waals surface area contributed by atoms with Gasteiger partial charge >= 0.3 is 5.97 Å². The molecule has 1 fully saturated rings. The number of aromatic nitrogens is 2. The molecular weight excluding hydrogens is 241 g/mol. The number of aliphatic carboxylic acids is 1. The molecule has 18 heavy (non-hydrogen) atoms. The molecule has 1 aliphatic heterocycles. The van der Waals surface area contributed by atoms with E-state index < -0.39 is 17.9 Å². The third-order valence-corrected chi connectivity index (χ3v) is 2.82. The van der Waals surface area contributed by atoms with Crippen LogP contribution in [0.5, 0.6) is 0 Å². The second kappa shape index (κ2) is 5.26. The van der Waals surface area contributed by atoms with Crippen LogP contribution in [0.15, 0.2) is 6.33 Å². The third-order valence-electron chi connectivity index (χ3n) is 2.82. The normalized spacial score (nSPS) is 19.9. The Bertz CT molecular complexity index is 455. The van der Waals surface area contributed by atoms with Gasteiger partial charge < -0.3 is 14.7 Å². The van der Waals surface area contributed by atoms with E-state index in [9.17, 15) is 9.18 Å². The van der Waals surface area contributed by atoms with E-state index in [1.165, 1.54) is 6.33 Å². The molecule has 0 bridgehead atoms. The SMILES string of the molecule is CCc1ncnc(N2CCOC(C(=O)O)C2)c1F. The molecule has 0 radical (unpaired) electrons. The highest BCUT2D eigenvalue weighted by atomic mass is 19.1. The van der Waals surface area contributed by atoms with Crippen LogP contribution in [0.1, 0.15) is 12.6 Å². The van der Waals surface area contributed by atoms with Crippen LogP contribution in [0.3, 0.4) is 0 Å². The fourth-order valence-electron chi connectivity index (χ4n) is 1.85. The van der Waals surface area contributed by atoms with E-state index in [0.717, 1.165) is 0 Å². The monoisotopic (exact) mass is 255 g/mol. The Labute approximate surface area is 103 Å². The van der Waals surface area contributed by atoms with Crippen molar-refractivity contribution in [1.29, 1.82) is 0 Å². The molecular formula is C11H14FN3O3. The highest BCUT2D eigenvalue weighted by molar-refractivity contribution is 5.73. The summed E-state index contributed by atoms with van der Waals surface area (Å²) in [4.78, 5) is 20.2. The molecule has 1 unspecified atom stereocenters. The number of carbonyl (C=O) groups is 1. The molecule has 6 nitrogen and oxygen atoms in total. The summed E-state index contributed by atoms with van der Waals surface area (Å²) in [6.07, 6.45) is 0.814. The summed E-state index contributed by atoms with van der Waals surface area (Å²) in [5.41, 5.74) is 0.332. The molecule has 0 spiro atoms. The van der Waals surface area contributed by atoms with Gasteiger partial charge in [-0.3, -0.25) is 0 Å². The van der Waals surface area contributed by atoms with Gasteiger partial charge in [-0.1, -0.05) is 6.92 Å². The maximum atomic E-state index is 14.0. The number of anilines is 1. The van der Waals surface area contributed by atoms with Crippen molar-refractivity contribution in [3.8, 4) is 0 Å². The van der Waals surface area contributed by atoms with Gasteiger partial charge in [-0.05, 0) is 6.42 Å². The average molecular weight is 255 g/mol. The highest BCUT2D eigenvalue weighted by Gasteiger charge is 2.28. The highest BCUT2D eigenvalue weighted by Crippen LogP contribution is 2.20. The fourth-order valence-corrected chi connectivity index (χ4v) is 1.85. The first-order valence-corrected chi connectivity index (χ1v) is 5.72. The van der Waals surface area contributed by atoms with E-state index in [1.807, 2.05) is 0 Å². The number of rotatable bonds is 3. The van der Waals surface area contributed by atoms with Crippen molar-refractivity contribution >= 4 is 11.8 Å². The van der Waals surface area contributed by atoms with Gasteiger partial charge in [0.15, 0.2) is 17.7 Å². The Balaban J connectivity index is 2.23. The zero-order valence-electron chi connectivity index (χ0n) is 9.97. The van der Waals surface area contributed by atoms with Gasteiger partial charge in [0.25, 0.3) is 0 Å². The summed E-state index contributed by atoms with van der Waals surface area (Å²) in [6, 6.07) is 0. The summed E-state index contributed by atoms with van der Waals surface area (Å²) in [5, 5.41) is 8.89. The average Bonchev–Trinajstić information content (AvgIpc) is 2.39. The molecule has 1 aromatic heterocycles. The number of halogens is 1. The van der Waals surface area contributed by atoms with Gasteiger partial charge in [-0.15, -0.1) is 0 Å². The van der Waals surface area contributed by atoms with Crippen LogP contribution in [-0.2, 0) is 16.0 Å². The van der Waals surface area contributed by atoms with Gasteiger partial charge in [0.05, 0.1) is 18.8 Å². The summed E-state index contributed by atoms with van der Waals surface area (Å²) in [7, 11) is 0. The van der Waals surface area contributed by atoms with Gasteiger partial charge in [-0.25, -0.2) is 19.2 Å². The number of nitrogens with zero attached hydrogens (tertiary/aromatic N) is 3. The number of carboxylic acids is 1. The molecule has 1 atom stereocenters. The van der Waals surface area contributed by atoms with Crippen LogP contribution in [0.2, 0.25) is 0 Å². The van der Waals surface area contributed by atoms with Crippen molar-refractivity contribution in [2.45, 2.75) is 19.4 Å². The predicted octanol–water partition coefficient (Wildman–Crippen LogP) is 0.468. The lowest BCUT2D eigenvalue weighted by Crippen LogP contribution is -2.46. The molecule has 0 aliphatic carbocycles. The van der Waals surface area contributed by atoms with Crippen LogP contribution >= 0.6 is 0 Å². The van der Waals surface area contributed by atoms with Crippen molar-refractivity contribution in [3.63, 3.8) is 0 Å². The second-order valence-corrected chi connectivity index (χ2v) is 3.96. The van der Waals surface area contributed by atoms with Crippen LogP contribution in [0.25, 0.3) is 0 Å². The third kappa shape index (κ3) is 2.40. The molecule has 1 aliphatic rings. The lowest BCUT2D eigenvalue weighted by atomic mass is 10.2. The molecule has 2 rings (SSSR count). The maximum absolute atomic E-state index is 14.0. The summed E-state index contributed by atoms with van der Waals surface area (Å²) in [6.45, 7) is 2.55. The van der Waals surface area contributed by atoms with E-state index in [4.69, 9.17) is 9.84 Å². The van der Waals surface area contributed by atoms with Crippen molar-refractivity contribution in [3.05, 3.63) is 17.8 Å². The van der Waals surface area contributed by atoms with Crippen LogP contribution in [0, 0.1) is 5.82 Å². The Morgan fingerprint density at radius 2 is 2.44 bits per heavy atom. The molecule has 98 valence electrons. The van der Waals surface area contributed by atoms with Crippen molar-refractivity contribution in [2.75, 3.05) is 24.6 Å². The number of hydrogen-bond donors (Lipinski definition) is 1. The molecule has 0 saturated carbocycles. The van der Waals surface area contributed by atoms with Gasteiger partial charge in [-0.2, -0.15) is 0 Å². The zero-order valence-corrected chi connectivity index (χ0v) is 9.97. The quantitative estimate of drug-likeness (QED) is 0.846. The topological polar surface area (TPSA) is 75.5 Å². The maximum Gasteiger partial charge on any atom is 0.334 e. The van der Waals surface area contributed by atoms with Gasteiger partial charge in [0.2, 0.25) is 0 Å². The molecule has 1 saturated heterocycles. The Morgan fingerprint density at radius 3 is 3.11 bits per heavy atom. The van der Waals surface area contributed by atoms with Crippen molar-refractivity contribution in [1.82, 2.24) is 9.97 Å². The molecule has 0 amide bonds. The standard InChI is InChI=1S/C11H14FN3O3/c1-2-7-9(12)10(14-6-13-7)15-3-4-18-8(5-15)11(16)17/h6,8H,2-5H2,1H3,(H,16,17). The first-order valence-electron chi connectivity index (χ1n) is 5.72. The lowest BCUT2D eigenvalue weighted by Gasteiger charge is -2.31. The van der Waals surface area contributed by atoms with E-state index in [0.29, 0.717) is 18.7 Å². The summed E-state index contributed by atoms with van der Waals surface area (Å²) < 4.78 is 19.1. The molecule has 1 aromatic rings. The van der Waals surface area contributed by atoms with Crippen molar-refractivity contribution < 1.29 is 19.0 Å². The Kier molecular flexibility index (Phi) is 3.71. The molecule has 2 heterocycles. The number of morpholine rings is 1. The first-order chi connectivity index (χ1) is 8.63. The Hall–Kier alpha value is -1.76. The van der Waals surface area contributed by atoms with E-state index in [-0.39, 0.29) is 19.0 Å². The van der Waals surface area contributed by atoms with E-state index in [1.54, 1.807) is 11.8 Å². The molecule has 7 heteroatoms. The smallest absolute Gasteiger partial charge is 0.334 e. The van der Waals surface area contributed by atoms with Crippen LogP contribution in [-0.4, -0.2) is 46.8 Å². The largest absolute Gasteiger partial charge is 0.479 e. The lowest BCUT2D eigenvalue weighted by molar-refractivity contribution is -0.150. The Morgan fingerprint density at radius 1 is 1.67 bits per heavy atom. The summed E-state index contributed by atoms with van der Waals surface area (Å²) in [5.74, 6) is -1.38. The second-order valence-electron chi connectivity index (χ2n) is 3.96. The summed E-state index contributed by atoms with van der Waals surface area (Å²) >= 11 is 0. The van der Waals surface area contributed by atoms with Crippen LogP contribution < -0.4 is 4.90 Å². The van der Waals surface area contributed by atoms with Gasteiger partial charge in [0, 0.05) is 6.54 Å². The van der Waals surface area contributed by atoms with Crippen molar-refractivity contribution in [2.24, 2.45) is 0 Å². The van der Waals surface area contributed by atoms with E-state index >= 15 is 0 Å².